The number of rotatable bonds is 3. The highest BCUT2D eigenvalue weighted by molar-refractivity contribution is 6.17. The first-order chi connectivity index (χ1) is 8.20. The summed E-state index contributed by atoms with van der Waals surface area (Å²) < 4.78 is 31.1. The number of pyridine rings is 1. The van der Waals surface area contributed by atoms with Gasteiger partial charge in [0.15, 0.2) is 11.6 Å². The number of benzene rings is 1. The Hall–Kier alpha value is -1.68. The first kappa shape index (κ1) is 11.8. The van der Waals surface area contributed by atoms with Crippen LogP contribution < -0.4 is 4.74 Å². The molecule has 2 nitrogen and oxygen atoms in total. The van der Waals surface area contributed by atoms with E-state index in [2.05, 4.69) is 4.98 Å². The lowest BCUT2D eigenvalue weighted by Crippen LogP contribution is -1.92. The number of hydrogen-bond acceptors (Lipinski definition) is 2. The molecule has 0 fully saturated rings. The number of alkyl halides is 1. The number of halogens is 3. The van der Waals surface area contributed by atoms with Crippen molar-refractivity contribution in [3.63, 3.8) is 0 Å². The molecule has 0 bridgehead atoms. The largest absolute Gasteiger partial charge is 0.457 e. The van der Waals surface area contributed by atoms with Gasteiger partial charge in [-0.15, -0.1) is 11.6 Å². The molecule has 0 saturated heterocycles. The van der Waals surface area contributed by atoms with Crippen LogP contribution in [0.15, 0.2) is 36.7 Å². The van der Waals surface area contributed by atoms with E-state index in [0.717, 1.165) is 12.1 Å². The average molecular weight is 256 g/mol. The zero-order chi connectivity index (χ0) is 12.3. The minimum Gasteiger partial charge on any atom is -0.457 e. The Morgan fingerprint density at radius 1 is 1.18 bits per heavy atom. The summed E-state index contributed by atoms with van der Waals surface area (Å²) >= 11 is 5.70. The van der Waals surface area contributed by atoms with Gasteiger partial charge in [-0.25, -0.2) is 8.78 Å². The van der Waals surface area contributed by atoms with Gasteiger partial charge in [-0.1, -0.05) is 0 Å². The summed E-state index contributed by atoms with van der Waals surface area (Å²) in [7, 11) is 0. The minimum absolute atomic E-state index is 0.210. The second-order valence-corrected chi connectivity index (χ2v) is 3.56. The summed E-state index contributed by atoms with van der Waals surface area (Å²) in [4.78, 5) is 3.89. The number of ether oxygens (including phenoxy) is 1. The van der Waals surface area contributed by atoms with E-state index in [1.165, 1.54) is 12.3 Å². The van der Waals surface area contributed by atoms with E-state index in [0.29, 0.717) is 11.3 Å². The van der Waals surface area contributed by atoms with Crippen molar-refractivity contribution in [3.8, 4) is 11.5 Å². The molecule has 2 rings (SSSR count). The van der Waals surface area contributed by atoms with E-state index >= 15 is 0 Å². The molecule has 2 aromatic rings. The smallest absolute Gasteiger partial charge is 0.162 e. The molecule has 0 aliphatic heterocycles. The van der Waals surface area contributed by atoms with Gasteiger partial charge in [0.2, 0.25) is 0 Å². The van der Waals surface area contributed by atoms with Crippen LogP contribution in [0.2, 0.25) is 0 Å². The van der Waals surface area contributed by atoms with Crippen LogP contribution in [0.25, 0.3) is 0 Å². The van der Waals surface area contributed by atoms with E-state index in [1.54, 1.807) is 12.3 Å². The fourth-order valence-electron chi connectivity index (χ4n) is 1.28. The monoisotopic (exact) mass is 255 g/mol. The molecule has 0 radical (unpaired) electrons. The van der Waals surface area contributed by atoms with Crippen LogP contribution in [0, 0.1) is 11.6 Å². The maximum Gasteiger partial charge on any atom is 0.162 e. The van der Waals surface area contributed by atoms with Crippen molar-refractivity contribution in [2.24, 2.45) is 0 Å². The van der Waals surface area contributed by atoms with Gasteiger partial charge in [0, 0.05) is 24.0 Å². The first-order valence-corrected chi connectivity index (χ1v) is 5.36. The van der Waals surface area contributed by atoms with Crippen LogP contribution in [0.5, 0.6) is 11.5 Å². The standard InChI is InChI=1S/C12H8ClF2NO/c13-6-8-7-16-4-3-12(8)17-9-1-2-10(14)11(15)5-9/h1-5,7H,6H2. The van der Waals surface area contributed by atoms with Gasteiger partial charge in [0.1, 0.15) is 11.5 Å². The Kier molecular flexibility index (Phi) is 3.54. The quantitative estimate of drug-likeness (QED) is 0.776. The molecule has 0 aliphatic rings. The SMILES string of the molecule is Fc1ccc(Oc2ccncc2CCl)cc1F. The fourth-order valence-corrected chi connectivity index (χ4v) is 1.48. The molecular formula is C12H8ClF2NO. The van der Waals surface area contributed by atoms with Gasteiger partial charge in [0.25, 0.3) is 0 Å². The lowest BCUT2D eigenvalue weighted by molar-refractivity contribution is 0.458. The van der Waals surface area contributed by atoms with Crippen LogP contribution >= 0.6 is 11.6 Å². The second kappa shape index (κ2) is 5.10. The van der Waals surface area contributed by atoms with Crippen LogP contribution in [0.1, 0.15) is 5.56 Å². The molecule has 0 spiro atoms. The average Bonchev–Trinajstić information content (AvgIpc) is 2.34. The Bertz CT molecular complexity index is 534. The van der Waals surface area contributed by atoms with Crippen molar-refractivity contribution in [2.45, 2.75) is 5.88 Å². The molecular weight excluding hydrogens is 248 g/mol. The highest BCUT2D eigenvalue weighted by Gasteiger charge is 2.07. The zero-order valence-electron chi connectivity index (χ0n) is 8.66. The molecule has 0 saturated carbocycles. The third-order valence-electron chi connectivity index (χ3n) is 2.12. The van der Waals surface area contributed by atoms with Crippen LogP contribution in [-0.4, -0.2) is 4.98 Å². The van der Waals surface area contributed by atoms with E-state index < -0.39 is 11.6 Å². The normalized spacial score (nSPS) is 10.3. The summed E-state index contributed by atoms with van der Waals surface area (Å²) in [6, 6.07) is 4.94. The molecule has 88 valence electrons. The highest BCUT2D eigenvalue weighted by atomic mass is 35.5. The van der Waals surface area contributed by atoms with E-state index in [9.17, 15) is 8.78 Å². The summed E-state index contributed by atoms with van der Waals surface area (Å²) in [6.45, 7) is 0. The van der Waals surface area contributed by atoms with Crippen molar-refractivity contribution in [3.05, 3.63) is 53.9 Å². The molecule has 0 amide bonds. The Morgan fingerprint density at radius 2 is 2.00 bits per heavy atom. The number of aromatic nitrogens is 1. The van der Waals surface area contributed by atoms with Gasteiger partial charge in [-0.2, -0.15) is 0 Å². The van der Waals surface area contributed by atoms with Gasteiger partial charge in [-0.3, -0.25) is 4.98 Å². The van der Waals surface area contributed by atoms with Gasteiger partial charge < -0.3 is 4.74 Å². The predicted molar refractivity (Wildman–Crippen MR) is 60.2 cm³/mol. The van der Waals surface area contributed by atoms with Crippen molar-refractivity contribution >= 4 is 11.6 Å². The second-order valence-electron chi connectivity index (χ2n) is 3.30. The Morgan fingerprint density at radius 3 is 2.71 bits per heavy atom. The highest BCUT2D eigenvalue weighted by Crippen LogP contribution is 2.26. The lowest BCUT2D eigenvalue weighted by Gasteiger charge is -2.08. The molecule has 0 N–H and O–H groups in total. The summed E-state index contributed by atoms with van der Waals surface area (Å²) in [6.07, 6.45) is 3.09. The maximum atomic E-state index is 13.0. The molecule has 0 atom stereocenters. The molecule has 1 heterocycles. The van der Waals surface area contributed by atoms with Crippen molar-refractivity contribution in [2.75, 3.05) is 0 Å². The molecule has 0 unspecified atom stereocenters. The predicted octanol–water partition coefficient (Wildman–Crippen LogP) is 3.89. The molecule has 1 aromatic carbocycles. The zero-order valence-corrected chi connectivity index (χ0v) is 9.42. The Balaban J connectivity index is 2.28. The minimum atomic E-state index is -0.955. The van der Waals surface area contributed by atoms with Crippen LogP contribution in [0.4, 0.5) is 8.78 Å². The molecule has 0 aliphatic carbocycles. The number of nitrogens with zero attached hydrogens (tertiary/aromatic N) is 1. The molecule has 1 aromatic heterocycles. The van der Waals surface area contributed by atoms with Crippen LogP contribution in [-0.2, 0) is 5.88 Å². The summed E-state index contributed by atoms with van der Waals surface area (Å²) in [5.41, 5.74) is 0.680. The van der Waals surface area contributed by atoms with Crippen molar-refractivity contribution in [1.82, 2.24) is 4.98 Å². The topological polar surface area (TPSA) is 22.1 Å². The maximum absolute atomic E-state index is 13.0. The van der Waals surface area contributed by atoms with Gasteiger partial charge in [0.05, 0.1) is 5.88 Å². The Labute approximate surface area is 102 Å². The van der Waals surface area contributed by atoms with E-state index in [1.807, 2.05) is 0 Å². The van der Waals surface area contributed by atoms with Gasteiger partial charge in [-0.05, 0) is 18.2 Å². The van der Waals surface area contributed by atoms with E-state index in [4.69, 9.17) is 16.3 Å². The molecule has 5 heteroatoms. The first-order valence-electron chi connectivity index (χ1n) is 4.82. The lowest BCUT2D eigenvalue weighted by atomic mass is 10.3. The third kappa shape index (κ3) is 2.71. The molecule has 17 heavy (non-hydrogen) atoms. The third-order valence-corrected chi connectivity index (χ3v) is 2.41. The number of hydrogen-bond donors (Lipinski definition) is 0. The van der Waals surface area contributed by atoms with E-state index in [-0.39, 0.29) is 11.6 Å². The van der Waals surface area contributed by atoms with Gasteiger partial charge >= 0.3 is 0 Å². The summed E-state index contributed by atoms with van der Waals surface area (Å²) in [5, 5.41) is 0. The van der Waals surface area contributed by atoms with Crippen molar-refractivity contribution < 1.29 is 13.5 Å². The van der Waals surface area contributed by atoms with Crippen LogP contribution in [0.3, 0.4) is 0 Å². The fraction of sp³-hybridized carbons (Fsp3) is 0.0833. The summed E-state index contributed by atoms with van der Waals surface area (Å²) in [5.74, 6) is -0.955. The van der Waals surface area contributed by atoms with Crippen molar-refractivity contribution in [1.29, 1.82) is 0 Å².